The normalized spacial score (nSPS) is 11.2. The molecule has 0 fully saturated rings. The lowest BCUT2D eigenvalue weighted by Crippen LogP contribution is -2.24. The summed E-state index contributed by atoms with van der Waals surface area (Å²) in [6, 6.07) is 6.84. The number of carbonyl (C=O) groups is 2. The number of carbonyl (C=O) groups excluding carboxylic acids is 2. The summed E-state index contributed by atoms with van der Waals surface area (Å²) in [5, 5.41) is 0. The van der Waals surface area contributed by atoms with Crippen LogP contribution in [-0.2, 0) is 0 Å². The summed E-state index contributed by atoms with van der Waals surface area (Å²) in [5.41, 5.74) is 10.9. The molecule has 130 valence electrons. The molecule has 23 heavy (non-hydrogen) atoms. The molecular formula is C17H30N4O2. The zero-order valence-electron chi connectivity index (χ0n) is 13.8. The van der Waals surface area contributed by atoms with Crippen molar-refractivity contribution in [3.05, 3.63) is 35.4 Å². The molecule has 0 unspecified atom stereocenters. The monoisotopic (exact) mass is 322 g/mol. The van der Waals surface area contributed by atoms with Crippen molar-refractivity contribution < 1.29 is 9.59 Å². The van der Waals surface area contributed by atoms with Crippen LogP contribution in [0.2, 0.25) is 0 Å². The third-order valence-corrected chi connectivity index (χ3v) is 2.84. The number of nitrogens with zero attached hydrogens (tertiary/aromatic N) is 2. The van der Waals surface area contributed by atoms with Crippen LogP contribution in [0, 0.1) is 0 Å². The molecule has 1 aromatic rings. The third kappa shape index (κ3) is 7.44. The molecule has 0 atom stereocenters. The molecule has 6 nitrogen and oxygen atoms in total. The Morgan fingerprint density at radius 1 is 1.00 bits per heavy atom. The highest BCUT2D eigenvalue weighted by molar-refractivity contribution is 6.21. The Hall–Kier alpha value is -2.37. The van der Waals surface area contributed by atoms with E-state index in [1.54, 1.807) is 24.3 Å². The number of nitrogens with two attached hydrogens (primary N) is 2. The maximum Gasteiger partial charge on any atom is 0.261 e. The average molecular weight is 322 g/mol. The van der Waals surface area contributed by atoms with Crippen LogP contribution in [0.3, 0.4) is 0 Å². The van der Waals surface area contributed by atoms with Gasteiger partial charge in [0.25, 0.3) is 11.8 Å². The molecule has 0 aromatic heterocycles. The summed E-state index contributed by atoms with van der Waals surface area (Å²) in [5.74, 6) is -0.260. The van der Waals surface area contributed by atoms with Gasteiger partial charge in [0.2, 0.25) is 0 Å². The van der Waals surface area contributed by atoms with Crippen LogP contribution in [0.4, 0.5) is 0 Å². The molecule has 6 heteroatoms. The second kappa shape index (κ2) is 12.2. The molecule has 1 aliphatic rings. The number of benzene rings is 1. The lowest BCUT2D eigenvalue weighted by Gasteiger charge is -2.02. The van der Waals surface area contributed by atoms with Gasteiger partial charge in [-0.05, 0) is 19.1 Å². The number of rotatable bonds is 2. The number of fused-ring (bicyclic) bond motifs is 1. The Balaban J connectivity index is 0. The highest BCUT2D eigenvalue weighted by Crippen LogP contribution is 2.20. The van der Waals surface area contributed by atoms with Crippen LogP contribution in [-0.4, -0.2) is 36.3 Å². The fourth-order valence-electron chi connectivity index (χ4n) is 1.49. The second-order valence-electron chi connectivity index (χ2n) is 4.61. The first-order valence-electron chi connectivity index (χ1n) is 7.37. The van der Waals surface area contributed by atoms with Crippen LogP contribution in [0.15, 0.2) is 29.3 Å². The smallest absolute Gasteiger partial charge is 0.261 e. The van der Waals surface area contributed by atoms with Crippen molar-refractivity contribution in [1.82, 2.24) is 4.90 Å². The number of guanidine groups is 1. The van der Waals surface area contributed by atoms with Crippen molar-refractivity contribution in [3.8, 4) is 0 Å². The summed E-state index contributed by atoms with van der Waals surface area (Å²) >= 11 is 0. The van der Waals surface area contributed by atoms with Crippen molar-refractivity contribution in [3.63, 3.8) is 0 Å². The Morgan fingerprint density at radius 3 is 1.61 bits per heavy atom. The molecule has 0 spiro atoms. The van der Waals surface area contributed by atoms with Crippen molar-refractivity contribution in [2.75, 3.05) is 13.6 Å². The van der Waals surface area contributed by atoms with Gasteiger partial charge in [0.1, 0.15) is 0 Å². The van der Waals surface area contributed by atoms with E-state index in [0.717, 1.165) is 4.90 Å². The molecule has 1 heterocycles. The van der Waals surface area contributed by atoms with Crippen LogP contribution < -0.4 is 11.5 Å². The van der Waals surface area contributed by atoms with Gasteiger partial charge in [0, 0.05) is 13.6 Å². The topological polar surface area (TPSA) is 102 Å². The molecule has 0 saturated carbocycles. The quantitative estimate of drug-likeness (QED) is 0.496. The predicted octanol–water partition coefficient (Wildman–Crippen LogP) is 2.63. The van der Waals surface area contributed by atoms with Crippen molar-refractivity contribution in [2.24, 2.45) is 16.5 Å². The zero-order valence-corrected chi connectivity index (χ0v) is 13.8. The Morgan fingerprint density at radius 2 is 1.39 bits per heavy atom. The standard InChI is InChI=1S/C9H7NO2.C4H10.C3H9N3.CH4/c1-10-8(11)6-4-2-3-5-7(6)9(10)12;1-3-4-2;1-2-6-3(4)5;/h2-5H,1H3;3-4H2,1-2H3;2H2,1H3,(H4,4,5,6);1H4. The summed E-state index contributed by atoms with van der Waals surface area (Å²) < 4.78 is 0. The number of hydrogen-bond donors (Lipinski definition) is 2. The number of amides is 2. The fourth-order valence-corrected chi connectivity index (χ4v) is 1.49. The lowest BCUT2D eigenvalue weighted by molar-refractivity contribution is 0.0693. The lowest BCUT2D eigenvalue weighted by atomic mass is 10.1. The van der Waals surface area contributed by atoms with Gasteiger partial charge in [-0.3, -0.25) is 19.5 Å². The Labute approximate surface area is 139 Å². The first-order valence-corrected chi connectivity index (χ1v) is 7.37. The SMILES string of the molecule is C.CCCC.CCN=C(N)N.CN1C(=O)c2ccccc2C1=O. The van der Waals surface area contributed by atoms with Gasteiger partial charge in [-0.15, -0.1) is 0 Å². The molecule has 0 bridgehead atoms. The summed E-state index contributed by atoms with van der Waals surface area (Å²) in [6.07, 6.45) is 2.64. The van der Waals surface area contributed by atoms with E-state index in [2.05, 4.69) is 18.8 Å². The van der Waals surface area contributed by atoms with Gasteiger partial charge in [-0.1, -0.05) is 46.2 Å². The van der Waals surface area contributed by atoms with Crippen molar-refractivity contribution >= 4 is 17.8 Å². The van der Waals surface area contributed by atoms with Gasteiger partial charge in [0.15, 0.2) is 5.96 Å². The molecular weight excluding hydrogens is 292 g/mol. The highest BCUT2D eigenvalue weighted by atomic mass is 16.2. The van der Waals surface area contributed by atoms with E-state index in [1.807, 2.05) is 6.92 Å². The number of hydrogen-bond acceptors (Lipinski definition) is 3. The van der Waals surface area contributed by atoms with Crippen molar-refractivity contribution in [1.29, 1.82) is 0 Å². The third-order valence-electron chi connectivity index (χ3n) is 2.84. The van der Waals surface area contributed by atoms with Crippen LogP contribution >= 0.6 is 0 Å². The number of aliphatic imine (C=N–C) groups is 1. The predicted molar refractivity (Wildman–Crippen MR) is 96.5 cm³/mol. The molecule has 2 rings (SSSR count). The van der Waals surface area contributed by atoms with Crippen LogP contribution in [0.25, 0.3) is 0 Å². The van der Waals surface area contributed by atoms with Gasteiger partial charge in [-0.25, -0.2) is 0 Å². The highest BCUT2D eigenvalue weighted by Gasteiger charge is 2.31. The van der Waals surface area contributed by atoms with E-state index in [0.29, 0.717) is 17.7 Å². The van der Waals surface area contributed by atoms with E-state index < -0.39 is 0 Å². The minimum absolute atomic E-state index is 0. The largest absolute Gasteiger partial charge is 0.370 e. The number of unbranched alkanes of at least 4 members (excludes halogenated alkanes) is 1. The Kier molecular flexibility index (Phi) is 12.2. The molecule has 4 N–H and O–H groups in total. The fraction of sp³-hybridized carbons (Fsp3) is 0.471. The molecule has 2 amide bonds. The maximum absolute atomic E-state index is 11.3. The average Bonchev–Trinajstić information content (AvgIpc) is 2.73. The van der Waals surface area contributed by atoms with Gasteiger partial charge in [0.05, 0.1) is 11.1 Å². The summed E-state index contributed by atoms with van der Waals surface area (Å²) in [7, 11) is 1.49. The van der Waals surface area contributed by atoms with Crippen LogP contribution in [0.5, 0.6) is 0 Å². The van der Waals surface area contributed by atoms with Gasteiger partial charge in [-0.2, -0.15) is 0 Å². The second-order valence-corrected chi connectivity index (χ2v) is 4.61. The van der Waals surface area contributed by atoms with E-state index in [-0.39, 0.29) is 25.2 Å². The van der Waals surface area contributed by atoms with E-state index in [4.69, 9.17) is 11.5 Å². The van der Waals surface area contributed by atoms with Gasteiger partial charge >= 0.3 is 0 Å². The molecule has 1 aromatic carbocycles. The number of imide groups is 1. The summed E-state index contributed by atoms with van der Waals surface area (Å²) in [4.78, 5) is 27.4. The minimum atomic E-state index is -0.212. The molecule has 0 saturated heterocycles. The van der Waals surface area contributed by atoms with Crippen LogP contribution in [0.1, 0.15) is 61.8 Å². The van der Waals surface area contributed by atoms with Gasteiger partial charge < -0.3 is 11.5 Å². The molecule has 1 aliphatic heterocycles. The Bertz CT molecular complexity index is 486. The summed E-state index contributed by atoms with van der Waals surface area (Å²) in [6.45, 7) is 6.90. The maximum atomic E-state index is 11.3. The minimum Gasteiger partial charge on any atom is -0.370 e. The molecule has 0 aliphatic carbocycles. The molecule has 0 radical (unpaired) electrons. The van der Waals surface area contributed by atoms with Crippen molar-refractivity contribution in [2.45, 2.75) is 41.0 Å². The van der Waals surface area contributed by atoms with E-state index in [1.165, 1.54) is 19.9 Å². The van der Waals surface area contributed by atoms with E-state index in [9.17, 15) is 9.59 Å². The first kappa shape index (κ1) is 22.9. The zero-order chi connectivity index (χ0) is 17.1. The first-order chi connectivity index (χ1) is 10.4. The van der Waals surface area contributed by atoms with E-state index >= 15 is 0 Å².